The fourth-order valence-corrected chi connectivity index (χ4v) is 18.7. The van der Waals surface area contributed by atoms with Gasteiger partial charge in [0.1, 0.15) is 106 Å². The van der Waals surface area contributed by atoms with Gasteiger partial charge in [-0.1, -0.05) is 84.3 Å². The van der Waals surface area contributed by atoms with Crippen LogP contribution in [-0.2, 0) is 69.6 Å². The molecule has 12 aromatic rings. The lowest BCUT2D eigenvalue weighted by atomic mass is 10.0. The second-order valence-corrected chi connectivity index (χ2v) is 35.1. The number of ketones is 1. The van der Waals surface area contributed by atoms with Crippen molar-refractivity contribution < 1.29 is 77.5 Å². The number of aliphatic hydroxyl groups excluding tert-OH is 2. The van der Waals surface area contributed by atoms with Crippen molar-refractivity contribution in [2.45, 2.75) is 164 Å². The number of nitrogens with one attached hydrogen (secondary N) is 1. The number of amides is 2. The number of carboxylic acids is 1. The fourth-order valence-electron chi connectivity index (χ4n) is 15.1. The lowest BCUT2D eigenvalue weighted by Crippen LogP contribution is -2.56. The summed E-state index contributed by atoms with van der Waals surface area (Å²) in [5.74, 6) is -3.28. The maximum Gasteiger partial charge on any atom is 0.333 e. The maximum absolute atomic E-state index is 14.5. The minimum atomic E-state index is -1.91. The molecule has 2 amide bonds. The number of hydrogen-bond donors (Lipinski definition) is 4. The molecule has 0 saturated heterocycles. The van der Waals surface area contributed by atoms with E-state index in [4.69, 9.17) is 29.8 Å². The van der Waals surface area contributed by atoms with E-state index in [-0.39, 0.29) is 93.7 Å². The average molecular weight is 1890 g/mol. The zero-order chi connectivity index (χ0) is 97.0. The van der Waals surface area contributed by atoms with Gasteiger partial charge < -0.3 is 58.9 Å². The van der Waals surface area contributed by atoms with Crippen molar-refractivity contribution in [2.75, 3.05) is 80.4 Å². The maximum atomic E-state index is 14.5. The van der Waals surface area contributed by atoms with Gasteiger partial charge in [0.25, 0.3) is 16.7 Å². The van der Waals surface area contributed by atoms with Gasteiger partial charge in [0.2, 0.25) is 11.8 Å². The molecule has 9 aromatic heterocycles. The zero-order valence-corrected chi connectivity index (χ0v) is 78.0. The van der Waals surface area contributed by atoms with E-state index in [1.54, 1.807) is 51.3 Å². The van der Waals surface area contributed by atoms with Gasteiger partial charge in [0, 0.05) is 74.0 Å². The van der Waals surface area contributed by atoms with E-state index >= 15 is 0 Å². The highest BCUT2D eigenvalue weighted by atomic mass is 32.1. The third-order valence-corrected chi connectivity index (χ3v) is 25.6. The standard InChI is InChI=1S/C29H33FN6O6S.C29H31FN6O6S.C25H28FN5O7S.C4H7N.C2H6/c2*1-17(37)16-42-22(20-14-19(30)8-9-21(20)41-5)15-34-26-23(18(2)25(43-26)36-31-10-11-32-36)24(38)35(28(34)40)29(3,4)27(39)33-12-6-7-13-33;1-13(32)12-38-18(16-10-15(26)6-7-17(16)37-5)11-29-22-19(14(2)21(39-22)31-27-8-9-28-31)20(33)30(24(29)36)25(3,4)23(34)35;1-2-4-5-3-1;1-2/h6-11,14,17,22,37H,12-13,15-16H2,1-5H3;6-11,14,22H,12-13,15-16H2,1-5H3;6-10,13,18,32H,11-12H2,1-5H3,(H,34,35);1-2,5H,3-4H2;1-2H3/t17?,22-;22-;13?,18-;;/m000../s1/i;;;;1D. The van der Waals surface area contributed by atoms with E-state index in [1.165, 1.54) is 190 Å². The van der Waals surface area contributed by atoms with Crippen molar-refractivity contribution in [3.63, 3.8) is 0 Å². The largest absolute Gasteiger partial charge is 0.496 e. The summed E-state index contributed by atoms with van der Waals surface area (Å²) in [4.78, 5) is 144. The number of aryl methyl sites for hydroxylation is 3. The van der Waals surface area contributed by atoms with Crippen LogP contribution in [0.25, 0.3) is 45.7 Å². The number of rotatable bonds is 30. The van der Waals surface area contributed by atoms with Crippen molar-refractivity contribution in [1.82, 2.24) is 87.5 Å². The smallest absolute Gasteiger partial charge is 0.333 e. The number of carboxylic acid groups (broad SMARTS) is 1. The highest BCUT2D eigenvalue weighted by Gasteiger charge is 2.43. The van der Waals surface area contributed by atoms with Crippen molar-refractivity contribution in [3.8, 4) is 32.3 Å². The number of fused-ring (bicyclic) bond motifs is 3. The average Bonchev–Trinajstić information content (AvgIpc) is 1.60. The molecule has 0 aliphatic carbocycles. The Morgan fingerprint density at radius 3 is 1.01 bits per heavy atom. The van der Waals surface area contributed by atoms with Gasteiger partial charge in [0.15, 0.2) is 5.78 Å². The number of aromatic nitrogens is 15. The molecule has 2 unspecified atom stereocenters. The highest BCUT2D eigenvalue weighted by Crippen LogP contribution is 2.40. The highest BCUT2D eigenvalue weighted by molar-refractivity contribution is 7.22. The molecule has 0 saturated carbocycles. The molecule has 0 spiro atoms. The predicted molar refractivity (Wildman–Crippen MR) is 489 cm³/mol. The van der Waals surface area contributed by atoms with Crippen LogP contribution in [0.4, 0.5) is 13.2 Å². The molecular weight excluding hydrogens is 1780 g/mol. The number of carbonyl (C=O) groups excluding carboxylic acids is 3. The Kier molecular flexibility index (Phi) is 31.8. The van der Waals surface area contributed by atoms with Gasteiger partial charge in [-0.15, -0.1) is 14.4 Å². The summed E-state index contributed by atoms with van der Waals surface area (Å²) in [7, 11) is 4.24. The predicted octanol–water partition coefficient (Wildman–Crippen LogP) is 8.67. The van der Waals surface area contributed by atoms with Gasteiger partial charge in [-0.3, -0.25) is 42.5 Å². The van der Waals surface area contributed by atoms with Crippen LogP contribution in [0.15, 0.2) is 157 Å². The van der Waals surface area contributed by atoms with Crippen LogP contribution >= 0.6 is 34.0 Å². The number of ether oxygens (including phenoxy) is 6. The summed E-state index contributed by atoms with van der Waals surface area (Å²) >= 11 is 3.32. The van der Waals surface area contributed by atoms with Crippen LogP contribution in [-0.4, -0.2) is 214 Å². The van der Waals surface area contributed by atoms with Crippen molar-refractivity contribution in [2.24, 2.45) is 0 Å². The summed E-state index contributed by atoms with van der Waals surface area (Å²) in [5, 5.41) is 60.0. The molecule has 0 fully saturated rings. The van der Waals surface area contributed by atoms with Crippen molar-refractivity contribution >= 4 is 88.2 Å². The van der Waals surface area contributed by atoms with E-state index in [1.807, 2.05) is 24.3 Å². The Balaban J connectivity index is 0.000000184. The Morgan fingerprint density at radius 1 is 0.477 bits per heavy atom. The first-order chi connectivity index (χ1) is 63.2. The number of hydrogen-bond acceptors (Lipinski definition) is 28. The van der Waals surface area contributed by atoms with Gasteiger partial charge in [-0.25, -0.2) is 46.1 Å². The molecule has 704 valence electrons. The van der Waals surface area contributed by atoms with E-state index < -0.39 is 116 Å². The number of thiophene rings is 3. The third kappa shape index (κ3) is 20.9. The molecule has 3 aliphatic rings. The van der Waals surface area contributed by atoms with Crippen molar-refractivity contribution in [1.29, 1.82) is 0 Å². The Morgan fingerprint density at radius 2 is 0.758 bits per heavy atom. The van der Waals surface area contributed by atoms with Crippen LogP contribution in [0.1, 0.15) is 129 Å². The number of nitrogens with zero attached hydrogens (tertiary/aromatic N) is 17. The van der Waals surface area contributed by atoms with Gasteiger partial charge in [-0.2, -0.15) is 30.6 Å². The molecular formula is C89H105F3N18O19S3. The van der Waals surface area contributed by atoms with Gasteiger partial charge in [0.05, 0.1) is 120 Å². The Labute approximate surface area is 767 Å². The van der Waals surface area contributed by atoms with Crippen LogP contribution in [0.2, 0.25) is 0 Å². The molecule has 0 radical (unpaired) electrons. The van der Waals surface area contributed by atoms with E-state index in [0.717, 1.165) is 56.2 Å². The van der Waals surface area contributed by atoms with Gasteiger partial charge >= 0.3 is 23.0 Å². The summed E-state index contributed by atoms with van der Waals surface area (Å²) in [6, 6.07) is 11.6. The minimum Gasteiger partial charge on any atom is -0.496 e. The first-order valence-electron chi connectivity index (χ1n) is 42.4. The van der Waals surface area contributed by atoms with Crippen molar-refractivity contribution in [3.05, 3.63) is 242 Å². The zero-order valence-electron chi connectivity index (χ0n) is 76.5. The molecule has 37 nitrogen and oxygen atoms in total. The minimum absolute atomic E-state index is 0.113. The van der Waals surface area contributed by atoms with Crippen LogP contribution < -0.4 is 53.3 Å². The Hall–Kier alpha value is -12.8. The van der Waals surface area contributed by atoms with Gasteiger partial charge in [-0.05, 0) is 138 Å². The van der Waals surface area contributed by atoms with Crippen LogP contribution in [0.3, 0.4) is 0 Å². The van der Waals surface area contributed by atoms with E-state index in [2.05, 4.69) is 48.1 Å². The quantitative estimate of drug-likeness (QED) is 0.0306. The number of aliphatic hydroxyl groups is 2. The number of halogens is 3. The normalized spacial score (nSPS) is 14.4. The lowest BCUT2D eigenvalue weighted by molar-refractivity contribution is -0.146. The second-order valence-electron chi connectivity index (χ2n) is 32.2. The van der Waals surface area contributed by atoms with Crippen LogP contribution in [0.5, 0.6) is 17.2 Å². The number of methoxy groups -OCH3 is 3. The molecule has 3 aromatic carbocycles. The fraction of sp³-hybridized carbons (Fsp3) is 0.416. The first kappa shape index (κ1) is 98.3. The monoisotopic (exact) mass is 1880 g/mol. The first-order valence-corrected chi connectivity index (χ1v) is 44.1. The Bertz CT molecular complexity index is 6700. The summed E-state index contributed by atoms with van der Waals surface area (Å²) < 4.78 is 90.3. The van der Waals surface area contributed by atoms with Crippen LogP contribution in [0, 0.1) is 38.2 Å². The molecule has 5 atom stereocenters. The SMILES string of the molecule is C1=CCNC1.COc1ccc(F)cc1[C@H](Cn1c(=O)n(C(C)(C)C(=O)N2CC=CC2)c(=O)c2c(C)c(-n3nccn3)sc21)OCC(C)=O.COc1ccc(F)cc1[C@H](Cn1c(=O)n(C(C)(C)C(=O)N2CC=CC2)c(=O)c2c(C)c(-n3nccn3)sc21)OCC(C)O.COc1ccc(F)cc1[C@H](Cn1c(=O)n(C(C)(C)C(=O)O)c(=O)c2c(C)c(-n3nccn3)sc21)OCC(C)O.[2H]CC. The molecule has 15 rings (SSSR count). The van der Waals surface area contributed by atoms with E-state index in [9.17, 15) is 76.4 Å². The molecule has 43 heteroatoms. The molecule has 132 heavy (non-hydrogen) atoms. The summed E-state index contributed by atoms with van der Waals surface area (Å²) in [6.07, 6.45) is 15.7. The number of carbonyl (C=O) groups is 4. The number of Topliss-reactive ketones (excluding diaryl/α,β-unsaturated/α-hetero) is 1. The number of aliphatic carboxylic acids is 1. The topological polar surface area (TPSA) is 427 Å². The second kappa shape index (κ2) is 42.6. The molecule has 12 heterocycles. The summed E-state index contributed by atoms with van der Waals surface area (Å²) in [5.41, 5.74) is -7.17. The van der Waals surface area contributed by atoms with E-state index in [0.29, 0.717) is 85.5 Å². The molecule has 3 aliphatic heterocycles. The lowest BCUT2D eigenvalue weighted by Gasteiger charge is -2.31. The number of benzene rings is 3. The third-order valence-electron chi connectivity index (χ3n) is 21.7. The summed E-state index contributed by atoms with van der Waals surface area (Å²) in [6.45, 7) is 22.8. The molecule has 0 bridgehead atoms. The molecule has 4 N–H and O–H groups in total.